The number of nitrogen functional groups attached to an aromatic ring is 1. The molecule has 3 N–H and O–H groups in total. The molecule has 0 unspecified atom stereocenters. The summed E-state index contributed by atoms with van der Waals surface area (Å²) < 4.78 is 0. The Labute approximate surface area is 143 Å². The number of nitrogens with one attached hydrogen (secondary N) is 1. The fraction of sp³-hybridized carbons (Fsp3) is 0.350. The second-order valence-electron chi connectivity index (χ2n) is 6.70. The summed E-state index contributed by atoms with van der Waals surface area (Å²) in [6.45, 7) is 6.38. The van der Waals surface area contributed by atoms with Crippen molar-refractivity contribution in [2.45, 2.75) is 32.6 Å². The molecule has 2 aromatic rings. The summed E-state index contributed by atoms with van der Waals surface area (Å²) in [5.74, 6) is 0.346. The van der Waals surface area contributed by atoms with E-state index in [1.165, 1.54) is 18.4 Å². The van der Waals surface area contributed by atoms with E-state index in [1.54, 1.807) is 0 Å². The quantitative estimate of drug-likeness (QED) is 0.827. The highest BCUT2D eigenvalue weighted by Gasteiger charge is 2.15. The van der Waals surface area contributed by atoms with Gasteiger partial charge in [-0.1, -0.05) is 26.0 Å². The molecule has 0 aromatic heterocycles. The Morgan fingerprint density at radius 2 is 1.75 bits per heavy atom. The molecule has 126 valence electrons. The van der Waals surface area contributed by atoms with Gasteiger partial charge in [-0.3, -0.25) is 4.79 Å². The standard InChI is InChI=1S/C20H25N3O/c1-14(2)15-5-7-16(8-6-15)20(24)22-17-9-10-19(18(21)13-17)23-11-3-4-12-23/h5-10,13-14H,3-4,11-12,21H2,1-2H3,(H,22,24). The van der Waals surface area contributed by atoms with Gasteiger partial charge in [0.15, 0.2) is 0 Å². The summed E-state index contributed by atoms with van der Waals surface area (Å²) in [5.41, 5.74) is 10.6. The van der Waals surface area contributed by atoms with Crippen LogP contribution in [0.2, 0.25) is 0 Å². The molecule has 1 amide bonds. The first-order chi connectivity index (χ1) is 11.5. The number of benzene rings is 2. The lowest BCUT2D eigenvalue weighted by molar-refractivity contribution is 0.102. The van der Waals surface area contributed by atoms with Crippen LogP contribution in [-0.2, 0) is 0 Å². The Balaban J connectivity index is 1.71. The van der Waals surface area contributed by atoms with Gasteiger partial charge in [0.05, 0.1) is 11.4 Å². The molecule has 0 saturated carbocycles. The monoisotopic (exact) mass is 323 g/mol. The van der Waals surface area contributed by atoms with E-state index in [-0.39, 0.29) is 5.91 Å². The first-order valence-electron chi connectivity index (χ1n) is 8.60. The third-order valence-corrected chi connectivity index (χ3v) is 4.57. The molecule has 0 radical (unpaired) electrons. The zero-order chi connectivity index (χ0) is 17.1. The maximum atomic E-state index is 12.4. The average Bonchev–Trinajstić information content (AvgIpc) is 3.09. The molecule has 2 aromatic carbocycles. The SMILES string of the molecule is CC(C)c1ccc(C(=O)Nc2ccc(N3CCCC3)c(N)c2)cc1. The van der Waals surface area contributed by atoms with Crippen molar-refractivity contribution >= 4 is 23.0 Å². The second kappa shape index (κ2) is 6.95. The molecule has 3 rings (SSSR count). The van der Waals surface area contributed by atoms with Gasteiger partial charge in [0.1, 0.15) is 0 Å². The first-order valence-corrected chi connectivity index (χ1v) is 8.60. The van der Waals surface area contributed by atoms with Crippen molar-refractivity contribution in [1.29, 1.82) is 0 Å². The number of rotatable bonds is 4. The van der Waals surface area contributed by atoms with Crippen molar-refractivity contribution in [3.05, 3.63) is 53.6 Å². The Morgan fingerprint density at radius 3 is 2.33 bits per heavy atom. The number of carbonyl (C=O) groups excluding carboxylic acids is 1. The molecule has 0 spiro atoms. The predicted octanol–water partition coefficient (Wildman–Crippen LogP) is 4.24. The van der Waals surface area contributed by atoms with Crippen molar-refractivity contribution in [3.63, 3.8) is 0 Å². The van der Waals surface area contributed by atoms with Gasteiger partial charge in [-0.2, -0.15) is 0 Å². The van der Waals surface area contributed by atoms with Crippen molar-refractivity contribution in [3.8, 4) is 0 Å². The van der Waals surface area contributed by atoms with Gasteiger partial charge in [-0.15, -0.1) is 0 Å². The summed E-state index contributed by atoms with van der Waals surface area (Å²) in [6, 6.07) is 13.5. The summed E-state index contributed by atoms with van der Waals surface area (Å²) in [7, 11) is 0. The summed E-state index contributed by atoms with van der Waals surface area (Å²) >= 11 is 0. The molecule has 0 atom stereocenters. The maximum absolute atomic E-state index is 12.4. The normalized spacial score (nSPS) is 14.2. The van der Waals surface area contributed by atoms with Crippen LogP contribution in [0, 0.1) is 0 Å². The van der Waals surface area contributed by atoms with E-state index < -0.39 is 0 Å². The molecular formula is C20H25N3O. The molecule has 0 bridgehead atoms. The number of nitrogens with two attached hydrogens (primary N) is 1. The fourth-order valence-corrected chi connectivity index (χ4v) is 3.10. The molecule has 24 heavy (non-hydrogen) atoms. The summed E-state index contributed by atoms with van der Waals surface area (Å²) in [6.07, 6.45) is 2.43. The van der Waals surface area contributed by atoms with Crippen molar-refractivity contribution in [2.75, 3.05) is 29.0 Å². The van der Waals surface area contributed by atoms with E-state index in [4.69, 9.17) is 5.73 Å². The van der Waals surface area contributed by atoms with Crippen LogP contribution in [0.1, 0.15) is 48.5 Å². The molecule has 1 fully saturated rings. The molecule has 1 saturated heterocycles. The van der Waals surface area contributed by atoms with Gasteiger partial charge in [0.25, 0.3) is 5.91 Å². The summed E-state index contributed by atoms with van der Waals surface area (Å²) in [5, 5.41) is 2.93. The summed E-state index contributed by atoms with van der Waals surface area (Å²) in [4.78, 5) is 14.7. The lowest BCUT2D eigenvalue weighted by Crippen LogP contribution is -2.19. The average molecular weight is 323 g/mol. The lowest BCUT2D eigenvalue weighted by Gasteiger charge is -2.20. The van der Waals surface area contributed by atoms with E-state index in [2.05, 4.69) is 24.1 Å². The lowest BCUT2D eigenvalue weighted by atomic mass is 10.0. The van der Waals surface area contributed by atoms with Gasteiger partial charge in [-0.25, -0.2) is 0 Å². The third-order valence-electron chi connectivity index (χ3n) is 4.57. The predicted molar refractivity (Wildman–Crippen MR) is 101 cm³/mol. The highest BCUT2D eigenvalue weighted by Crippen LogP contribution is 2.29. The van der Waals surface area contributed by atoms with Crippen LogP contribution in [0.25, 0.3) is 0 Å². The van der Waals surface area contributed by atoms with Gasteiger partial charge in [-0.05, 0) is 54.7 Å². The zero-order valence-electron chi connectivity index (χ0n) is 14.4. The van der Waals surface area contributed by atoms with E-state index in [9.17, 15) is 4.79 Å². The number of hydrogen-bond donors (Lipinski definition) is 2. The van der Waals surface area contributed by atoms with Crippen LogP contribution < -0.4 is 16.0 Å². The Kier molecular flexibility index (Phi) is 4.74. The molecule has 1 aliphatic heterocycles. The molecule has 4 heteroatoms. The third kappa shape index (κ3) is 3.53. The first kappa shape index (κ1) is 16.4. The molecular weight excluding hydrogens is 298 g/mol. The molecule has 4 nitrogen and oxygen atoms in total. The zero-order valence-corrected chi connectivity index (χ0v) is 14.4. The van der Waals surface area contributed by atoms with Gasteiger partial charge < -0.3 is 16.0 Å². The van der Waals surface area contributed by atoms with Crippen LogP contribution in [0.5, 0.6) is 0 Å². The fourth-order valence-electron chi connectivity index (χ4n) is 3.10. The van der Waals surface area contributed by atoms with Crippen molar-refractivity contribution < 1.29 is 4.79 Å². The highest BCUT2D eigenvalue weighted by molar-refractivity contribution is 6.04. The van der Waals surface area contributed by atoms with Crippen LogP contribution in [0.3, 0.4) is 0 Å². The molecule has 1 aliphatic rings. The van der Waals surface area contributed by atoms with Crippen LogP contribution in [0.15, 0.2) is 42.5 Å². The maximum Gasteiger partial charge on any atom is 0.255 e. The Bertz CT molecular complexity index is 716. The molecule has 1 heterocycles. The minimum atomic E-state index is -0.112. The van der Waals surface area contributed by atoms with Crippen LogP contribution >= 0.6 is 0 Å². The van der Waals surface area contributed by atoms with Gasteiger partial charge >= 0.3 is 0 Å². The van der Waals surface area contributed by atoms with Crippen LogP contribution in [0.4, 0.5) is 17.1 Å². The van der Waals surface area contributed by atoms with Gasteiger partial charge in [0, 0.05) is 24.3 Å². The van der Waals surface area contributed by atoms with E-state index in [0.717, 1.165) is 24.5 Å². The minimum Gasteiger partial charge on any atom is -0.397 e. The largest absolute Gasteiger partial charge is 0.397 e. The van der Waals surface area contributed by atoms with Crippen molar-refractivity contribution in [2.24, 2.45) is 0 Å². The second-order valence-corrected chi connectivity index (χ2v) is 6.70. The number of amides is 1. The van der Waals surface area contributed by atoms with E-state index >= 15 is 0 Å². The smallest absolute Gasteiger partial charge is 0.255 e. The number of nitrogens with zero attached hydrogens (tertiary/aromatic N) is 1. The van der Waals surface area contributed by atoms with Crippen molar-refractivity contribution in [1.82, 2.24) is 0 Å². The molecule has 0 aliphatic carbocycles. The minimum absolute atomic E-state index is 0.112. The highest BCUT2D eigenvalue weighted by atomic mass is 16.1. The van der Waals surface area contributed by atoms with E-state index in [1.807, 2.05) is 42.5 Å². The Hall–Kier alpha value is -2.49. The van der Waals surface area contributed by atoms with Crippen LogP contribution in [-0.4, -0.2) is 19.0 Å². The number of hydrogen-bond acceptors (Lipinski definition) is 3. The topological polar surface area (TPSA) is 58.4 Å². The Morgan fingerprint density at radius 1 is 1.08 bits per heavy atom. The van der Waals surface area contributed by atoms with E-state index in [0.29, 0.717) is 17.2 Å². The van der Waals surface area contributed by atoms with Gasteiger partial charge in [0.2, 0.25) is 0 Å². The number of anilines is 3. The number of carbonyl (C=O) groups is 1.